The number of anilines is 1. The number of nitrogens with one attached hydrogen (secondary N) is 1. The van der Waals surface area contributed by atoms with Gasteiger partial charge >= 0.3 is 0 Å². The summed E-state index contributed by atoms with van der Waals surface area (Å²) >= 11 is 7.89. The number of amides is 1. The molecule has 0 spiro atoms. The van der Waals surface area contributed by atoms with Crippen molar-refractivity contribution in [1.29, 1.82) is 0 Å². The van der Waals surface area contributed by atoms with Crippen LogP contribution in [-0.2, 0) is 27.8 Å². The minimum atomic E-state index is -3.67. The smallest absolute Gasteiger partial charge is 0.244 e. The van der Waals surface area contributed by atoms with Gasteiger partial charge in [0.2, 0.25) is 15.9 Å². The fraction of sp³-hybridized carbons (Fsp3) is 0.421. The quantitative estimate of drug-likeness (QED) is 0.714. The molecule has 28 heavy (non-hydrogen) atoms. The van der Waals surface area contributed by atoms with Crippen molar-refractivity contribution < 1.29 is 13.2 Å². The molecule has 0 unspecified atom stereocenters. The topological polar surface area (TPSA) is 69.7 Å². The molecule has 1 aromatic carbocycles. The van der Waals surface area contributed by atoms with Crippen LogP contribution in [0.4, 0.5) is 5.69 Å². The van der Waals surface area contributed by atoms with Crippen LogP contribution in [0.15, 0.2) is 34.5 Å². The molecule has 1 aromatic heterocycles. The highest BCUT2D eigenvalue weighted by molar-refractivity contribution is 7.89. The van der Waals surface area contributed by atoms with E-state index in [2.05, 4.69) is 16.8 Å². The summed E-state index contributed by atoms with van der Waals surface area (Å²) in [6, 6.07) is 6.79. The van der Waals surface area contributed by atoms with Crippen LogP contribution in [0.3, 0.4) is 0 Å². The summed E-state index contributed by atoms with van der Waals surface area (Å²) in [5.41, 5.74) is 1.76. The van der Waals surface area contributed by atoms with Crippen LogP contribution < -0.4 is 5.32 Å². The normalized spacial score (nSPS) is 14.2. The number of hydrogen-bond donors (Lipinski definition) is 1. The fourth-order valence-corrected chi connectivity index (χ4v) is 6.11. The van der Waals surface area contributed by atoms with Gasteiger partial charge in [-0.25, -0.2) is 8.42 Å². The highest BCUT2D eigenvalue weighted by Gasteiger charge is 2.25. The van der Waals surface area contributed by atoms with Crippen LogP contribution in [0.5, 0.6) is 0 Å². The predicted octanol–water partition coefficient (Wildman–Crippen LogP) is 3.43. The number of carbonyl (C=O) groups is 1. The van der Waals surface area contributed by atoms with Gasteiger partial charge in [-0.3, -0.25) is 4.79 Å². The standard InChI is InChI=1S/C19H24ClN3O3S2/c1-3-23(4-2)28(25,26)18-11-15(5-6-16(18)20)21-12-19(24)22-9-7-17-14(13-22)8-10-27-17/h5-6,8,10-11,21H,3-4,7,9,12-13H2,1-2H3. The monoisotopic (exact) mass is 441 g/mol. The molecule has 1 aliphatic heterocycles. The highest BCUT2D eigenvalue weighted by Crippen LogP contribution is 2.28. The zero-order chi connectivity index (χ0) is 20.3. The predicted molar refractivity (Wildman–Crippen MR) is 113 cm³/mol. The van der Waals surface area contributed by atoms with Crippen LogP contribution in [0.25, 0.3) is 0 Å². The van der Waals surface area contributed by atoms with E-state index in [0.29, 0.717) is 31.9 Å². The molecule has 0 bridgehead atoms. The zero-order valence-corrected chi connectivity index (χ0v) is 18.3. The van der Waals surface area contributed by atoms with Gasteiger partial charge in [0, 0.05) is 36.7 Å². The second-order valence-corrected chi connectivity index (χ2v) is 9.84. The lowest BCUT2D eigenvalue weighted by atomic mass is 10.1. The molecule has 0 saturated heterocycles. The van der Waals surface area contributed by atoms with Gasteiger partial charge in [0.15, 0.2) is 0 Å². The lowest BCUT2D eigenvalue weighted by Gasteiger charge is -2.27. The summed E-state index contributed by atoms with van der Waals surface area (Å²) in [7, 11) is -3.67. The van der Waals surface area contributed by atoms with Crippen molar-refractivity contribution in [3.8, 4) is 0 Å². The molecule has 0 saturated carbocycles. The Morgan fingerprint density at radius 2 is 2.04 bits per heavy atom. The second-order valence-electron chi connectivity index (χ2n) is 6.52. The summed E-state index contributed by atoms with van der Waals surface area (Å²) in [6.07, 6.45) is 0.881. The maximum absolute atomic E-state index is 12.8. The average Bonchev–Trinajstić information content (AvgIpc) is 3.15. The van der Waals surface area contributed by atoms with E-state index in [0.717, 1.165) is 6.42 Å². The van der Waals surface area contributed by atoms with Crippen LogP contribution >= 0.6 is 22.9 Å². The van der Waals surface area contributed by atoms with Crippen LogP contribution in [0, 0.1) is 0 Å². The maximum atomic E-state index is 12.8. The molecule has 2 heterocycles. The maximum Gasteiger partial charge on any atom is 0.244 e. The molecule has 2 aromatic rings. The van der Waals surface area contributed by atoms with E-state index >= 15 is 0 Å². The van der Waals surface area contributed by atoms with Gasteiger partial charge in [-0.15, -0.1) is 11.3 Å². The summed E-state index contributed by atoms with van der Waals surface area (Å²) in [6.45, 7) is 5.74. The van der Waals surface area contributed by atoms with Gasteiger partial charge in [-0.2, -0.15) is 4.31 Å². The van der Waals surface area contributed by atoms with Gasteiger partial charge in [-0.05, 0) is 41.6 Å². The van der Waals surface area contributed by atoms with Gasteiger partial charge in [0.25, 0.3) is 0 Å². The third-order valence-corrected chi connectivity index (χ3v) is 8.41. The minimum absolute atomic E-state index is 0.0139. The Labute approximate surface area is 175 Å². The molecule has 0 radical (unpaired) electrons. The van der Waals surface area contributed by atoms with Gasteiger partial charge in [0.1, 0.15) is 4.90 Å². The van der Waals surface area contributed by atoms with Crippen molar-refractivity contribution in [2.75, 3.05) is 31.5 Å². The van der Waals surface area contributed by atoms with Crippen LogP contribution in [0.1, 0.15) is 24.3 Å². The number of benzene rings is 1. The van der Waals surface area contributed by atoms with E-state index in [1.54, 1.807) is 37.3 Å². The van der Waals surface area contributed by atoms with Crippen molar-refractivity contribution in [2.45, 2.75) is 31.7 Å². The summed E-state index contributed by atoms with van der Waals surface area (Å²) in [4.78, 5) is 15.8. The minimum Gasteiger partial charge on any atom is -0.376 e. The summed E-state index contributed by atoms with van der Waals surface area (Å²) < 4.78 is 26.9. The average molecular weight is 442 g/mol. The van der Waals surface area contributed by atoms with Crippen LogP contribution in [0.2, 0.25) is 5.02 Å². The number of thiophene rings is 1. The lowest BCUT2D eigenvalue weighted by Crippen LogP contribution is -2.38. The lowest BCUT2D eigenvalue weighted by molar-refractivity contribution is -0.130. The molecular weight excluding hydrogens is 418 g/mol. The van der Waals surface area contributed by atoms with Gasteiger partial charge < -0.3 is 10.2 Å². The molecule has 3 rings (SSSR count). The number of nitrogens with zero attached hydrogens (tertiary/aromatic N) is 2. The molecule has 152 valence electrons. The Hall–Kier alpha value is -1.61. The molecule has 0 aliphatic carbocycles. The first-order valence-corrected chi connectivity index (χ1v) is 11.9. The van der Waals surface area contributed by atoms with Crippen molar-refractivity contribution >= 4 is 44.6 Å². The van der Waals surface area contributed by atoms with E-state index in [1.165, 1.54) is 20.8 Å². The van der Waals surface area contributed by atoms with Crippen molar-refractivity contribution in [3.63, 3.8) is 0 Å². The molecule has 6 nitrogen and oxygen atoms in total. The number of carbonyl (C=O) groups excluding carboxylic acids is 1. The van der Waals surface area contributed by atoms with E-state index in [9.17, 15) is 13.2 Å². The van der Waals surface area contributed by atoms with E-state index in [-0.39, 0.29) is 22.4 Å². The van der Waals surface area contributed by atoms with Gasteiger partial charge in [-0.1, -0.05) is 25.4 Å². The number of halogens is 1. The molecule has 1 amide bonds. The second kappa shape index (κ2) is 8.82. The summed E-state index contributed by atoms with van der Waals surface area (Å²) in [5.74, 6) is -0.0139. The Bertz CT molecular complexity index is 955. The molecular formula is C19H24ClN3O3S2. The highest BCUT2D eigenvalue weighted by atomic mass is 35.5. The number of fused-ring (bicyclic) bond motifs is 1. The van der Waals surface area contributed by atoms with E-state index in [4.69, 9.17) is 11.6 Å². The van der Waals surface area contributed by atoms with E-state index < -0.39 is 10.0 Å². The third-order valence-electron chi connectivity index (χ3n) is 4.86. The largest absolute Gasteiger partial charge is 0.376 e. The third kappa shape index (κ3) is 4.35. The number of rotatable bonds is 7. The summed E-state index contributed by atoms with van der Waals surface area (Å²) in [5, 5.41) is 5.27. The van der Waals surface area contributed by atoms with Crippen molar-refractivity contribution in [1.82, 2.24) is 9.21 Å². The number of hydrogen-bond acceptors (Lipinski definition) is 5. The van der Waals surface area contributed by atoms with Crippen molar-refractivity contribution in [2.24, 2.45) is 0 Å². The molecule has 1 aliphatic rings. The molecule has 9 heteroatoms. The zero-order valence-electron chi connectivity index (χ0n) is 15.9. The first-order chi connectivity index (χ1) is 13.4. The fourth-order valence-electron chi connectivity index (χ4n) is 3.26. The Kier molecular flexibility index (Phi) is 6.65. The Balaban J connectivity index is 1.69. The molecule has 0 fully saturated rings. The van der Waals surface area contributed by atoms with E-state index in [1.807, 2.05) is 4.90 Å². The van der Waals surface area contributed by atoms with Crippen LogP contribution in [-0.4, -0.2) is 49.7 Å². The van der Waals surface area contributed by atoms with Crippen molar-refractivity contribution in [3.05, 3.63) is 45.1 Å². The first kappa shape index (κ1) is 21.1. The SMILES string of the molecule is CCN(CC)S(=O)(=O)c1cc(NCC(=O)N2CCc3sccc3C2)ccc1Cl. The molecule has 1 N–H and O–H groups in total. The number of sulfonamides is 1. The molecule has 0 atom stereocenters. The Morgan fingerprint density at radius 1 is 1.29 bits per heavy atom. The van der Waals surface area contributed by atoms with Gasteiger partial charge in [0.05, 0.1) is 11.6 Å². The Morgan fingerprint density at radius 3 is 2.75 bits per heavy atom. The first-order valence-electron chi connectivity index (χ1n) is 9.23.